The molecule has 5 heteroatoms. The monoisotopic (exact) mass is 298 g/mol. The molecule has 106 valence electrons. The van der Waals surface area contributed by atoms with Crippen molar-refractivity contribution in [3.8, 4) is 10.4 Å². The van der Waals surface area contributed by atoms with Gasteiger partial charge in [0.15, 0.2) is 0 Å². The van der Waals surface area contributed by atoms with Crippen molar-refractivity contribution in [2.75, 3.05) is 0 Å². The van der Waals surface area contributed by atoms with Gasteiger partial charge in [-0.3, -0.25) is 0 Å². The van der Waals surface area contributed by atoms with Crippen LogP contribution in [0.1, 0.15) is 34.6 Å². The molecule has 0 radical (unpaired) electrons. The number of thiophene rings is 1. The van der Waals surface area contributed by atoms with E-state index in [1.54, 1.807) is 13.0 Å². The van der Waals surface area contributed by atoms with Gasteiger partial charge in [-0.25, -0.2) is 0 Å². The molecule has 0 spiro atoms. The van der Waals surface area contributed by atoms with Gasteiger partial charge in [0.2, 0.25) is 0 Å². The number of fused-ring (bicyclic) bond motifs is 3. The van der Waals surface area contributed by atoms with Crippen LogP contribution < -0.4 is 0 Å². The molecule has 1 nitrogen and oxygen atoms in total. The van der Waals surface area contributed by atoms with Crippen molar-refractivity contribution in [1.29, 1.82) is 0 Å². The van der Waals surface area contributed by atoms with Crippen LogP contribution in [-0.2, 0) is 19.0 Å². The van der Waals surface area contributed by atoms with Crippen molar-refractivity contribution in [2.24, 2.45) is 0 Å². The Morgan fingerprint density at radius 2 is 1.85 bits per heavy atom. The number of halogens is 3. The summed E-state index contributed by atoms with van der Waals surface area (Å²) in [4.78, 5) is 1.67. The molecule has 1 aromatic heterocycles. The highest BCUT2D eigenvalue weighted by Gasteiger charge is 2.32. The lowest BCUT2D eigenvalue weighted by atomic mass is 9.90. The number of aliphatic hydroxyl groups is 1. The van der Waals surface area contributed by atoms with Crippen LogP contribution in [-0.4, -0.2) is 5.11 Å². The molecule has 1 unspecified atom stereocenters. The molecular weight excluding hydrogens is 285 g/mol. The molecule has 1 heterocycles. The van der Waals surface area contributed by atoms with Crippen LogP contribution in [0.5, 0.6) is 0 Å². The minimum Gasteiger partial charge on any atom is -0.388 e. The van der Waals surface area contributed by atoms with Crippen molar-refractivity contribution >= 4 is 11.3 Å². The maximum absolute atomic E-state index is 12.8. The first-order valence-electron chi connectivity index (χ1n) is 6.37. The third kappa shape index (κ3) is 2.25. The molecule has 1 aliphatic rings. The number of benzene rings is 1. The zero-order valence-corrected chi connectivity index (χ0v) is 11.6. The predicted molar refractivity (Wildman–Crippen MR) is 72.8 cm³/mol. The summed E-state index contributed by atoms with van der Waals surface area (Å²) in [6, 6.07) is 5.86. The van der Waals surface area contributed by atoms with Gasteiger partial charge in [-0.2, -0.15) is 13.2 Å². The van der Waals surface area contributed by atoms with E-state index in [1.165, 1.54) is 17.4 Å². The fourth-order valence-electron chi connectivity index (χ4n) is 2.52. The standard InChI is InChI=1S/C15H13F3OS/c1-8(19)13-6-10-3-2-9-4-5-11(15(16,17)18)7-12(9)14(10)20-13/h4-8,19H,2-3H2,1H3. The normalized spacial score (nSPS) is 15.7. The van der Waals surface area contributed by atoms with Crippen molar-refractivity contribution in [1.82, 2.24) is 0 Å². The SMILES string of the molecule is CC(O)c1cc2c(s1)-c1cc(C(F)(F)F)ccc1CC2. The zero-order chi connectivity index (χ0) is 14.5. The zero-order valence-electron chi connectivity index (χ0n) is 10.8. The summed E-state index contributed by atoms with van der Waals surface area (Å²) in [5, 5.41) is 9.64. The Morgan fingerprint density at radius 1 is 1.15 bits per heavy atom. The average molecular weight is 298 g/mol. The summed E-state index contributed by atoms with van der Waals surface area (Å²) in [7, 11) is 0. The van der Waals surface area contributed by atoms with E-state index in [4.69, 9.17) is 0 Å². The number of aryl methyl sites for hydroxylation is 2. The van der Waals surface area contributed by atoms with E-state index in [9.17, 15) is 18.3 Å². The van der Waals surface area contributed by atoms with Gasteiger partial charge in [0, 0.05) is 9.75 Å². The first-order valence-corrected chi connectivity index (χ1v) is 7.19. The van der Waals surface area contributed by atoms with E-state index in [1.807, 2.05) is 6.07 Å². The smallest absolute Gasteiger partial charge is 0.388 e. The predicted octanol–water partition coefficient (Wildman–Crippen LogP) is 4.59. The minimum atomic E-state index is -4.32. The number of hydrogen-bond donors (Lipinski definition) is 1. The Morgan fingerprint density at radius 3 is 2.50 bits per heavy atom. The first kappa shape index (κ1) is 13.6. The Bertz CT molecular complexity index is 656. The lowest BCUT2D eigenvalue weighted by Gasteiger charge is -2.18. The van der Waals surface area contributed by atoms with E-state index < -0.39 is 17.8 Å². The molecule has 0 bridgehead atoms. The number of hydrogen-bond acceptors (Lipinski definition) is 2. The van der Waals surface area contributed by atoms with Crippen LogP contribution in [0.4, 0.5) is 13.2 Å². The van der Waals surface area contributed by atoms with E-state index >= 15 is 0 Å². The molecule has 1 N–H and O–H groups in total. The number of rotatable bonds is 1. The summed E-state index contributed by atoms with van der Waals surface area (Å²) >= 11 is 1.39. The lowest BCUT2D eigenvalue weighted by molar-refractivity contribution is -0.137. The molecule has 1 aliphatic carbocycles. The summed E-state index contributed by atoms with van der Waals surface area (Å²) in [5.41, 5.74) is 2.04. The summed E-state index contributed by atoms with van der Waals surface area (Å²) in [6.45, 7) is 1.67. The summed E-state index contributed by atoms with van der Waals surface area (Å²) in [6.07, 6.45) is -3.34. The third-order valence-electron chi connectivity index (χ3n) is 3.59. The third-order valence-corrected chi connectivity index (χ3v) is 4.97. The number of alkyl halides is 3. The second-order valence-corrected chi connectivity index (χ2v) is 6.13. The first-order chi connectivity index (χ1) is 9.36. The molecule has 0 amide bonds. The van der Waals surface area contributed by atoms with Crippen LogP contribution in [0, 0.1) is 0 Å². The molecule has 2 aromatic rings. The van der Waals surface area contributed by atoms with Gasteiger partial charge in [0.05, 0.1) is 11.7 Å². The Balaban J connectivity index is 2.14. The summed E-state index contributed by atoms with van der Waals surface area (Å²) in [5.74, 6) is 0. The highest BCUT2D eigenvalue weighted by atomic mass is 32.1. The van der Waals surface area contributed by atoms with Gasteiger partial charge in [0.25, 0.3) is 0 Å². The molecule has 0 aliphatic heterocycles. The lowest BCUT2D eigenvalue weighted by Crippen LogP contribution is -2.08. The number of aliphatic hydroxyl groups excluding tert-OH is 1. The molecule has 0 saturated heterocycles. The highest BCUT2D eigenvalue weighted by Crippen LogP contribution is 2.43. The van der Waals surface area contributed by atoms with Gasteiger partial charge in [-0.05, 0) is 54.7 Å². The van der Waals surface area contributed by atoms with E-state index in [0.717, 1.165) is 39.8 Å². The van der Waals surface area contributed by atoms with Crippen molar-refractivity contribution in [3.63, 3.8) is 0 Å². The Hall–Kier alpha value is -1.33. The molecule has 3 rings (SSSR count). The van der Waals surface area contributed by atoms with Crippen LogP contribution in [0.25, 0.3) is 10.4 Å². The summed E-state index contributed by atoms with van der Waals surface area (Å²) < 4.78 is 38.5. The van der Waals surface area contributed by atoms with Gasteiger partial charge in [-0.1, -0.05) is 6.07 Å². The van der Waals surface area contributed by atoms with Gasteiger partial charge >= 0.3 is 6.18 Å². The Labute approximate surface area is 118 Å². The minimum absolute atomic E-state index is 0.583. The second kappa shape index (κ2) is 4.60. The second-order valence-electron chi connectivity index (χ2n) is 5.05. The topological polar surface area (TPSA) is 20.2 Å². The maximum Gasteiger partial charge on any atom is 0.416 e. The quantitative estimate of drug-likeness (QED) is 0.816. The maximum atomic E-state index is 12.8. The van der Waals surface area contributed by atoms with Gasteiger partial charge in [0.1, 0.15) is 0 Å². The fourth-order valence-corrected chi connectivity index (χ4v) is 3.72. The van der Waals surface area contributed by atoms with Crippen LogP contribution in [0.15, 0.2) is 24.3 Å². The highest BCUT2D eigenvalue weighted by molar-refractivity contribution is 7.15. The van der Waals surface area contributed by atoms with Gasteiger partial charge < -0.3 is 5.11 Å². The molecule has 1 atom stereocenters. The van der Waals surface area contributed by atoms with Crippen molar-refractivity contribution in [3.05, 3.63) is 45.8 Å². The van der Waals surface area contributed by atoms with Gasteiger partial charge in [-0.15, -0.1) is 11.3 Å². The van der Waals surface area contributed by atoms with Crippen LogP contribution >= 0.6 is 11.3 Å². The van der Waals surface area contributed by atoms with E-state index in [0.29, 0.717) is 5.56 Å². The molecule has 1 aromatic carbocycles. The van der Waals surface area contributed by atoms with Crippen LogP contribution in [0.2, 0.25) is 0 Å². The van der Waals surface area contributed by atoms with Crippen LogP contribution in [0.3, 0.4) is 0 Å². The Kier molecular flexibility index (Phi) is 3.14. The molecule has 20 heavy (non-hydrogen) atoms. The molecule has 0 fully saturated rings. The van der Waals surface area contributed by atoms with Crippen molar-refractivity contribution < 1.29 is 18.3 Å². The van der Waals surface area contributed by atoms with E-state index in [2.05, 4.69) is 0 Å². The average Bonchev–Trinajstić information content (AvgIpc) is 2.81. The largest absolute Gasteiger partial charge is 0.416 e. The van der Waals surface area contributed by atoms with Crippen molar-refractivity contribution in [2.45, 2.75) is 32.0 Å². The van der Waals surface area contributed by atoms with E-state index in [-0.39, 0.29) is 0 Å². The molecular formula is C15H13F3OS. The fraction of sp³-hybridized carbons (Fsp3) is 0.333. The molecule has 0 saturated carbocycles.